The van der Waals surface area contributed by atoms with E-state index in [1.165, 1.54) is 23.5 Å². The number of nitrogens with zero attached hydrogens (tertiary/aromatic N) is 2. The van der Waals surface area contributed by atoms with Gasteiger partial charge in [0.2, 0.25) is 0 Å². The largest absolute Gasteiger partial charge is 0.387 e. The van der Waals surface area contributed by atoms with Crippen molar-refractivity contribution >= 4 is 22.2 Å². The molecule has 21 heavy (non-hydrogen) atoms. The molecule has 0 amide bonds. The maximum atomic E-state index is 13.4. The summed E-state index contributed by atoms with van der Waals surface area (Å²) in [4.78, 5) is 7.48. The highest BCUT2D eigenvalue weighted by molar-refractivity contribution is 7.15. The molecule has 0 bridgehead atoms. The van der Waals surface area contributed by atoms with Gasteiger partial charge in [-0.1, -0.05) is 31.3 Å². The number of benzene rings is 1. The van der Waals surface area contributed by atoms with Crippen LogP contribution in [0.2, 0.25) is 0 Å². The van der Waals surface area contributed by atoms with Crippen molar-refractivity contribution < 1.29 is 9.50 Å². The van der Waals surface area contributed by atoms with Gasteiger partial charge >= 0.3 is 0 Å². The number of aliphatic hydroxyl groups excluding tert-OH is 1. The third-order valence-electron chi connectivity index (χ3n) is 3.89. The van der Waals surface area contributed by atoms with Crippen LogP contribution >= 0.6 is 11.3 Å². The highest BCUT2D eigenvalue weighted by atomic mass is 32.1. The van der Waals surface area contributed by atoms with E-state index in [4.69, 9.17) is 0 Å². The SMILES string of the molecule is CN(c1cccc(F)c1)c1nc2c(s1)C(O)CC(C)(C)C2. The zero-order valence-electron chi connectivity index (χ0n) is 12.4. The van der Waals surface area contributed by atoms with Crippen molar-refractivity contribution in [1.82, 2.24) is 4.98 Å². The molecule has 1 N–H and O–H groups in total. The molecule has 1 atom stereocenters. The van der Waals surface area contributed by atoms with E-state index >= 15 is 0 Å². The first-order valence-corrected chi connectivity index (χ1v) is 7.84. The standard InChI is InChI=1S/C16H19FN2OS/c1-16(2)8-12-14(13(20)9-16)21-15(18-12)19(3)11-6-4-5-10(17)7-11/h4-7,13,20H,8-9H2,1-3H3. The Hall–Kier alpha value is -1.46. The number of halogens is 1. The van der Waals surface area contributed by atoms with Gasteiger partial charge in [0.25, 0.3) is 0 Å². The predicted octanol–water partition coefficient (Wildman–Crippen LogP) is 4.06. The normalized spacial score (nSPS) is 20.1. The number of rotatable bonds is 2. The van der Waals surface area contributed by atoms with E-state index < -0.39 is 6.10 Å². The fourth-order valence-corrected chi connectivity index (χ4v) is 3.87. The Morgan fingerprint density at radius 1 is 1.43 bits per heavy atom. The fraction of sp³-hybridized carbons (Fsp3) is 0.438. The number of hydrogen-bond donors (Lipinski definition) is 1. The summed E-state index contributed by atoms with van der Waals surface area (Å²) in [6, 6.07) is 6.45. The van der Waals surface area contributed by atoms with Crippen LogP contribution in [0.5, 0.6) is 0 Å². The van der Waals surface area contributed by atoms with Crippen LogP contribution in [0.1, 0.15) is 36.9 Å². The molecular formula is C16H19FN2OS. The van der Waals surface area contributed by atoms with Crippen molar-refractivity contribution in [2.24, 2.45) is 5.41 Å². The Kier molecular flexibility index (Phi) is 3.50. The lowest BCUT2D eigenvalue weighted by Gasteiger charge is -2.31. The van der Waals surface area contributed by atoms with Crippen LogP contribution in [0.15, 0.2) is 24.3 Å². The van der Waals surface area contributed by atoms with E-state index in [-0.39, 0.29) is 11.2 Å². The van der Waals surface area contributed by atoms with Crippen molar-refractivity contribution in [2.45, 2.75) is 32.8 Å². The monoisotopic (exact) mass is 306 g/mol. The molecule has 0 aliphatic heterocycles. The summed E-state index contributed by atoms with van der Waals surface area (Å²) in [7, 11) is 1.87. The Morgan fingerprint density at radius 2 is 2.19 bits per heavy atom. The quantitative estimate of drug-likeness (QED) is 0.909. The van der Waals surface area contributed by atoms with Gasteiger partial charge in [-0.05, 0) is 36.5 Å². The maximum Gasteiger partial charge on any atom is 0.190 e. The third kappa shape index (κ3) is 2.80. The van der Waals surface area contributed by atoms with Crippen LogP contribution in [-0.2, 0) is 6.42 Å². The smallest absolute Gasteiger partial charge is 0.190 e. The van der Waals surface area contributed by atoms with Crippen LogP contribution in [-0.4, -0.2) is 17.1 Å². The number of anilines is 2. The first-order valence-electron chi connectivity index (χ1n) is 7.03. The number of fused-ring (bicyclic) bond motifs is 1. The van der Waals surface area contributed by atoms with E-state index in [1.54, 1.807) is 6.07 Å². The second kappa shape index (κ2) is 5.07. The molecule has 112 valence electrons. The summed E-state index contributed by atoms with van der Waals surface area (Å²) in [6.07, 6.45) is 1.17. The predicted molar refractivity (Wildman–Crippen MR) is 83.6 cm³/mol. The first-order chi connectivity index (χ1) is 9.85. The molecule has 0 fully saturated rings. The zero-order valence-corrected chi connectivity index (χ0v) is 13.2. The molecule has 1 aliphatic rings. The number of thiazole rings is 1. The lowest BCUT2D eigenvalue weighted by molar-refractivity contribution is 0.102. The molecule has 1 aromatic heterocycles. The van der Waals surface area contributed by atoms with Gasteiger partial charge in [-0.25, -0.2) is 9.37 Å². The van der Waals surface area contributed by atoms with Crippen molar-refractivity contribution in [3.8, 4) is 0 Å². The molecule has 1 aromatic carbocycles. The highest BCUT2D eigenvalue weighted by Crippen LogP contribution is 2.45. The van der Waals surface area contributed by atoms with Gasteiger partial charge in [0.1, 0.15) is 5.82 Å². The molecule has 5 heteroatoms. The maximum absolute atomic E-state index is 13.4. The van der Waals surface area contributed by atoms with E-state index in [0.717, 1.165) is 34.2 Å². The van der Waals surface area contributed by atoms with Crippen molar-refractivity contribution in [1.29, 1.82) is 0 Å². The minimum absolute atomic E-state index is 0.0647. The summed E-state index contributed by atoms with van der Waals surface area (Å²) < 4.78 is 13.4. The van der Waals surface area contributed by atoms with Crippen LogP contribution < -0.4 is 4.90 Å². The van der Waals surface area contributed by atoms with Crippen LogP contribution in [0, 0.1) is 11.2 Å². The summed E-state index contributed by atoms with van der Waals surface area (Å²) >= 11 is 1.50. The summed E-state index contributed by atoms with van der Waals surface area (Å²) in [5.74, 6) is -0.262. The Morgan fingerprint density at radius 3 is 2.90 bits per heavy atom. The number of aromatic nitrogens is 1. The van der Waals surface area contributed by atoms with Crippen LogP contribution in [0.25, 0.3) is 0 Å². The highest BCUT2D eigenvalue weighted by Gasteiger charge is 2.34. The third-order valence-corrected chi connectivity index (χ3v) is 5.17. The molecule has 3 nitrogen and oxygen atoms in total. The van der Waals surface area contributed by atoms with Gasteiger partial charge in [0.05, 0.1) is 16.7 Å². The van der Waals surface area contributed by atoms with Gasteiger partial charge in [0, 0.05) is 12.7 Å². The lowest BCUT2D eigenvalue weighted by Crippen LogP contribution is -2.24. The molecular weight excluding hydrogens is 287 g/mol. The van der Waals surface area contributed by atoms with Gasteiger partial charge in [-0.15, -0.1) is 0 Å². The minimum Gasteiger partial charge on any atom is -0.387 e. The molecule has 0 saturated carbocycles. The van der Waals surface area contributed by atoms with Gasteiger partial charge in [-0.3, -0.25) is 0 Å². The number of hydrogen-bond acceptors (Lipinski definition) is 4. The minimum atomic E-state index is -0.448. The summed E-state index contributed by atoms with van der Waals surface area (Å²) in [6.45, 7) is 4.29. The molecule has 0 saturated heterocycles. The van der Waals surface area contributed by atoms with Gasteiger partial charge < -0.3 is 10.0 Å². The van der Waals surface area contributed by atoms with Crippen LogP contribution in [0.3, 0.4) is 0 Å². The van der Waals surface area contributed by atoms with Crippen molar-refractivity contribution in [3.63, 3.8) is 0 Å². The molecule has 3 rings (SSSR count). The first kappa shape index (κ1) is 14.5. The van der Waals surface area contributed by atoms with E-state index in [0.29, 0.717) is 0 Å². The molecule has 0 spiro atoms. The second-order valence-corrected chi connectivity index (χ2v) is 7.42. The molecule has 0 radical (unpaired) electrons. The molecule has 1 aliphatic carbocycles. The van der Waals surface area contributed by atoms with Crippen molar-refractivity contribution in [2.75, 3.05) is 11.9 Å². The Balaban J connectivity index is 1.95. The molecule has 2 aromatic rings. The average molecular weight is 306 g/mol. The van der Waals surface area contributed by atoms with Gasteiger partial charge in [-0.2, -0.15) is 0 Å². The molecule has 1 unspecified atom stereocenters. The van der Waals surface area contributed by atoms with E-state index in [1.807, 2.05) is 18.0 Å². The topological polar surface area (TPSA) is 36.4 Å². The Labute approximate surface area is 128 Å². The summed E-state index contributed by atoms with van der Waals surface area (Å²) in [5, 5.41) is 11.1. The van der Waals surface area contributed by atoms with E-state index in [9.17, 15) is 9.50 Å². The average Bonchev–Trinajstić information content (AvgIpc) is 2.80. The lowest BCUT2D eigenvalue weighted by atomic mass is 9.77. The number of aliphatic hydroxyl groups is 1. The Bertz CT molecular complexity index is 668. The summed E-state index contributed by atoms with van der Waals surface area (Å²) in [5.41, 5.74) is 1.80. The molecule has 1 heterocycles. The fourth-order valence-electron chi connectivity index (χ4n) is 2.82. The zero-order chi connectivity index (χ0) is 15.2. The van der Waals surface area contributed by atoms with Gasteiger partial charge in [0.15, 0.2) is 5.13 Å². The van der Waals surface area contributed by atoms with Crippen LogP contribution in [0.4, 0.5) is 15.2 Å². The van der Waals surface area contributed by atoms with Crippen molar-refractivity contribution in [3.05, 3.63) is 40.7 Å². The van der Waals surface area contributed by atoms with E-state index in [2.05, 4.69) is 18.8 Å². The second-order valence-electron chi connectivity index (χ2n) is 6.41.